The highest BCUT2D eigenvalue weighted by Crippen LogP contribution is 2.40. The number of rotatable bonds is 2. The van der Waals surface area contributed by atoms with Crippen molar-refractivity contribution in [1.29, 1.82) is 0 Å². The molecule has 1 spiro atoms. The number of fused-ring (bicyclic) bond motifs is 1. The predicted molar refractivity (Wildman–Crippen MR) is 88.5 cm³/mol. The van der Waals surface area contributed by atoms with E-state index in [1.807, 2.05) is 0 Å². The quantitative estimate of drug-likeness (QED) is 0.805. The molecule has 0 saturated carbocycles. The highest BCUT2D eigenvalue weighted by Gasteiger charge is 2.48. The van der Waals surface area contributed by atoms with Gasteiger partial charge in [-0.25, -0.2) is 17.2 Å². The largest absolute Gasteiger partial charge is 0.485 e. The van der Waals surface area contributed by atoms with Crippen LogP contribution in [0, 0.1) is 11.6 Å². The Hall–Kier alpha value is -2.32. The molecule has 0 amide bonds. The third-order valence-corrected chi connectivity index (χ3v) is 6.65. The molecule has 136 valence electrons. The van der Waals surface area contributed by atoms with Gasteiger partial charge >= 0.3 is 0 Å². The van der Waals surface area contributed by atoms with Gasteiger partial charge in [0.15, 0.2) is 17.4 Å². The zero-order chi connectivity index (χ0) is 18.5. The second kappa shape index (κ2) is 5.85. The fourth-order valence-electron chi connectivity index (χ4n) is 3.47. The summed E-state index contributed by atoms with van der Waals surface area (Å²) < 4.78 is 59.2. The molecule has 2 aliphatic heterocycles. The maximum atomic E-state index is 13.4. The summed E-state index contributed by atoms with van der Waals surface area (Å²) in [7, 11) is -4.01. The number of sulfonamides is 1. The molecule has 8 heteroatoms. The molecule has 2 aromatic rings. The summed E-state index contributed by atoms with van der Waals surface area (Å²) in [5.41, 5.74) is -0.447. The molecule has 1 saturated heterocycles. The van der Waals surface area contributed by atoms with E-state index in [4.69, 9.17) is 4.74 Å². The molecule has 0 aromatic heterocycles. The number of carbonyl (C=O) groups excluding carboxylic acids is 1. The molecule has 5 nitrogen and oxygen atoms in total. The minimum Gasteiger partial charge on any atom is -0.485 e. The van der Waals surface area contributed by atoms with Crippen LogP contribution in [-0.4, -0.2) is 37.2 Å². The number of hydrogen-bond acceptors (Lipinski definition) is 4. The van der Waals surface area contributed by atoms with Crippen LogP contribution >= 0.6 is 0 Å². The standard InChI is InChI=1S/C18H15F2NO4S/c19-14-6-5-12(9-15(14)20)26(23,24)21-8-7-18(11-21)10-16(22)13-3-1-2-4-17(13)25-18/h1-6,9H,7-8,10-11H2. The van der Waals surface area contributed by atoms with Crippen LogP contribution in [0.15, 0.2) is 47.4 Å². The van der Waals surface area contributed by atoms with Gasteiger partial charge in [-0.2, -0.15) is 4.31 Å². The van der Waals surface area contributed by atoms with E-state index >= 15 is 0 Å². The van der Waals surface area contributed by atoms with Gasteiger partial charge in [-0.1, -0.05) is 12.1 Å². The maximum absolute atomic E-state index is 13.4. The molecular weight excluding hydrogens is 364 g/mol. The topological polar surface area (TPSA) is 63.7 Å². The third kappa shape index (κ3) is 2.69. The van der Waals surface area contributed by atoms with E-state index < -0.39 is 27.3 Å². The summed E-state index contributed by atoms with van der Waals surface area (Å²) in [4.78, 5) is 12.1. The Kier molecular flexibility index (Phi) is 3.85. The Labute approximate surface area is 149 Å². The number of ketones is 1. The molecule has 2 heterocycles. The molecule has 2 aromatic carbocycles. The fourth-order valence-corrected chi connectivity index (χ4v) is 5.00. The highest BCUT2D eigenvalue weighted by molar-refractivity contribution is 7.89. The van der Waals surface area contributed by atoms with E-state index in [1.54, 1.807) is 24.3 Å². The monoisotopic (exact) mass is 379 g/mol. The van der Waals surface area contributed by atoms with Crippen LogP contribution in [0.5, 0.6) is 5.75 Å². The van der Waals surface area contributed by atoms with Gasteiger partial charge in [0.25, 0.3) is 0 Å². The van der Waals surface area contributed by atoms with Gasteiger partial charge in [0.2, 0.25) is 10.0 Å². The zero-order valence-electron chi connectivity index (χ0n) is 13.6. The molecule has 0 N–H and O–H groups in total. The highest BCUT2D eigenvalue weighted by atomic mass is 32.2. The normalized spacial score (nSPS) is 23.1. The van der Waals surface area contributed by atoms with Crippen LogP contribution < -0.4 is 4.74 Å². The van der Waals surface area contributed by atoms with Gasteiger partial charge in [-0.15, -0.1) is 0 Å². The van der Waals surface area contributed by atoms with Crippen LogP contribution in [0.4, 0.5) is 8.78 Å². The number of ether oxygens (including phenoxy) is 1. The van der Waals surface area contributed by atoms with Crippen molar-refractivity contribution in [3.63, 3.8) is 0 Å². The van der Waals surface area contributed by atoms with Crippen molar-refractivity contribution in [2.45, 2.75) is 23.3 Å². The number of hydrogen-bond donors (Lipinski definition) is 0. The van der Waals surface area contributed by atoms with Crippen molar-refractivity contribution in [2.75, 3.05) is 13.1 Å². The summed E-state index contributed by atoms with van der Waals surface area (Å²) in [5, 5.41) is 0. The number of nitrogens with zero attached hydrogens (tertiary/aromatic N) is 1. The number of benzene rings is 2. The number of para-hydroxylation sites is 1. The van der Waals surface area contributed by atoms with E-state index in [1.165, 1.54) is 0 Å². The second-order valence-electron chi connectivity index (χ2n) is 6.55. The summed E-state index contributed by atoms with van der Waals surface area (Å²) >= 11 is 0. The first-order valence-electron chi connectivity index (χ1n) is 8.07. The molecule has 0 radical (unpaired) electrons. The van der Waals surface area contributed by atoms with Crippen molar-refractivity contribution < 1.29 is 26.7 Å². The van der Waals surface area contributed by atoms with Gasteiger partial charge in [-0.3, -0.25) is 4.79 Å². The molecule has 1 fully saturated rings. The van der Waals surface area contributed by atoms with E-state index in [-0.39, 0.29) is 30.2 Å². The molecule has 1 unspecified atom stereocenters. The molecule has 2 aliphatic rings. The van der Waals surface area contributed by atoms with E-state index in [0.717, 1.165) is 16.4 Å². The minimum atomic E-state index is -4.01. The van der Waals surface area contributed by atoms with E-state index in [0.29, 0.717) is 23.8 Å². The Balaban J connectivity index is 1.62. The predicted octanol–water partition coefficient (Wildman–Crippen LogP) is 2.76. The maximum Gasteiger partial charge on any atom is 0.243 e. The summed E-state index contributed by atoms with van der Waals surface area (Å²) in [5.74, 6) is -1.99. The van der Waals surface area contributed by atoms with E-state index in [2.05, 4.69) is 0 Å². The summed E-state index contributed by atoms with van der Waals surface area (Å²) in [6, 6.07) is 9.32. The van der Waals surface area contributed by atoms with Crippen LogP contribution in [-0.2, 0) is 10.0 Å². The van der Waals surface area contributed by atoms with Crippen molar-refractivity contribution in [3.05, 3.63) is 59.7 Å². The van der Waals surface area contributed by atoms with Gasteiger partial charge < -0.3 is 4.74 Å². The third-order valence-electron chi connectivity index (χ3n) is 4.81. The molecule has 4 rings (SSSR count). The summed E-state index contributed by atoms with van der Waals surface area (Å²) in [6.45, 7) is 0.116. The fraction of sp³-hybridized carbons (Fsp3) is 0.278. The molecule has 0 aliphatic carbocycles. The van der Waals surface area contributed by atoms with Gasteiger partial charge in [0.1, 0.15) is 11.4 Å². The lowest BCUT2D eigenvalue weighted by molar-refractivity contribution is 0.0498. The average molecular weight is 379 g/mol. The van der Waals surface area contributed by atoms with Crippen molar-refractivity contribution in [3.8, 4) is 5.75 Å². The number of halogens is 2. The minimum absolute atomic E-state index is 0.0194. The first-order chi connectivity index (χ1) is 12.3. The average Bonchev–Trinajstić information content (AvgIpc) is 3.01. The lowest BCUT2D eigenvalue weighted by atomic mass is 9.89. The smallest absolute Gasteiger partial charge is 0.243 e. The van der Waals surface area contributed by atoms with Crippen LogP contribution in [0.25, 0.3) is 0 Å². The van der Waals surface area contributed by atoms with Gasteiger partial charge in [-0.05, 0) is 30.3 Å². The first kappa shape index (κ1) is 17.1. The first-order valence-corrected chi connectivity index (χ1v) is 9.51. The Bertz CT molecular complexity index is 1010. The van der Waals surface area contributed by atoms with Crippen LogP contribution in [0.2, 0.25) is 0 Å². The lowest BCUT2D eigenvalue weighted by Crippen LogP contribution is -2.45. The van der Waals surface area contributed by atoms with Crippen molar-refractivity contribution in [2.24, 2.45) is 0 Å². The van der Waals surface area contributed by atoms with Gasteiger partial charge in [0, 0.05) is 13.0 Å². The van der Waals surface area contributed by atoms with E-state index in [9.17, 15) is 22.0 Å². The zero-order valence-corrected chi connectivity index (χ0v) is 14.4. The van der Waals surface area contributed by atoms with Crippen LogP contribution in [0.3, 0.4) is 0 Å². The molecular formula is C18H15F2NO4S. The van der Waals surface area contributed by atoms with Crippen molar-refractivity contribution >= 4 is 15.8 Å². The Morgan fingerprint density at radius 2 is 1.85 bits per heavy atom. The summed E-state index contributed by atoms with van der Waals surface area (Å²) in [6.07, 6.45) is 0.420. The molecule has 26 heavy (non-hydrogen) atoms. The SMILES string of the molecule is O=C1CC2(CCN(S(=O)(=O)c3ccc(F)c(F)c3)C2)Oc2ccccc21. The Morgan fingerprint density at radius 3 is 2.62 bits per heavy atom. The second-order valence-corrected chi connectivity index (χ2v) is 8.48. The van der Waals surface area contributed by atoms with Gasteiger partial charge in [0.05, 0.1) is 23.4 Å². The van der Waals surface area contributed by atoms with Crippen molar-refractivity contribution in [1.82, 2.24) is 4.31 Å². The lowest BCUT2D eigenvalue weighted by Gasteiger charge is -2.34. The molecule has 1 atom stereocenters. The number of carbonyl (C=O) groups is 1. The Morgan fingerprint density at radius 1 is 1.08 bits per heavy atom. The number of Topliss-reactive ketones (excluding diaryl/α,β-unsaturated/α-hetero) is 1. The molecule has 0 bridgehead atoms. The van der Waals surface area contributed by atoms with Crippen LogP contribution in [0.1, 0.15) is 23.2 Å².